The van der Waals surface area contributed by atoms with E-state index >= 15 is 0 Å². The lowest BCUT2D eigenvalue weighted by atomic mass is 9.97. The van der Waals surface area contributed by atoms with Crippen molar-refractivity contribution >= 4 is 34.2 Å². The van der Waals surface area contributed by atoms with Crippen LogP contribution in [0.25, 0.3) is 10.9 Å². The van der Waals surface area contributed by atoms with Crippen LogP contribution in [0.15, 0.2) is 16.9 Å². The summed E-state index contributed by atoms with van der Waals surface area (Å²) >= 11 is 6.64. The van der Waals surface area contributed by atoms with Gasteiger partial charge in [0.1, 0.15) is 17.9 Å². The lowest BCUT2D eigenvalue weighted by Gasteiger charge is -2.31. The number of aromatic carboxylic acids is 1. The third-order valence-electron chi connectivity index (χ3n) is 6.49. The summed E-state index contributed by atoms with van der Waals surface area (Å²) in [7, 11) is 0. The van der Waals surface area contributed by atoms with Crippen LogP contribution in [0.2, 0.25) is 5.02 Å². The van der Waals surface area contributed by atoms with E-state index in [-0.39, 0.29) is 23.8 Å². The van der Waals surface area contributed by atoms with E-state index < -0.39 is 11.5 Å². The van der Waals surface area contributed by atoms with Gasteiger partial charge in [-0.05, 0) is 44.2 Å². The van der Waals surface area contributed by atoms with Crippen LogP contribution < -0.4 is 20.9 Å². The van der Waals surface area contributed by atoms with Gasteiger partial charge in [0.2, 0.25) is 0 Å². The number of carbonyl (C=O) groups is 1. The number of ether oxygens (including phenoxy) is 1. The third-order valence-corrected chi connectivity index (χ3v) is 6.78. The van der Waals surface area contributed by atoms with Crippen molar-refractivity contribution in [3.63, 3.8) is 0 Å². The maximum Gasteiger partial charge on any atom is 0.341 e. The molecule has 1 aliphatic carbocycles. The molecule has 3 aliphatic rings. The molecular weight excluding hydrogens is 382 g/mol. The molecule has 0 amide bonds. The number of benzene rings is 1. The minimum Gasteiger partial charge on any atom is -0.487 e. The van der Waals surface area contributed by atoms with Crippen LogP contribution in [0.1, 0.15) is 42.6 Å². The Morgan fingerprint density at radius 2 is 2.14 bits per heavy atom. The zero-order valence-corrected chi connectivity index (χ0v) is 16.3. The highest BCUT2D eigenvalue weighted by atomic mass is 35.5. The molecule has 1 aromatic carbocycles. The maximum atomic E-state index is 12.8. The van der Waals surface area contributed by atoms with Gasteiger partial charge in [-0.2, -0.15) is 0 Å². The van der Waals surface area contributed by atoms with Crippen LogP contribution in [0, 0.1) is 5.92 Å². The molecule has 0 radical (unpaired) electrons. The Balaban J connectivity index is 1.70. The summed E-state index contributed by atoms with van der Waals surface area (Å²) in [4.78, 5) is 26.6. The molecule has 5 rings (SSSR count). The number of anilines is 1. The van der Waals surface area contributed by atoms with E-state index in [4.69, 9.17) is 22.1 Å². The molecule has 28 heavy (non-hydrogen) atoms. The Bertz CT molecular complexity index is 1080. The average Bonchev–Trinajstić information content (AvgIpc) is 3.20. The summed E-state index contributed by atoms with van der Waals surface area (Å²) in [5, 5.41) is 10.5. The Morgan fingerprint density at radius 1 is 1.39 bits per heavy atom. The summed E-state index contributed by atoms with van der Waals surface area (Å²) in [5.74, 6) is -0.251. The predicted octanol–water partition coefficient (Wildman–Crippen LogP) is 2.62. The summed E-state index contributed by atoms with van der Waals surface area (Å²) in [5.41, 5.74) is 7.00. The average molecular weight is 404 g/mol. The topological polar surface area (TPSA) is 97.8 Å². The number of nitrogens with zero attached hydrogens (tertiary/aromatic N) is 2. The molecule has 0 bridgehead atoms. The Hall–Kier alpha value is -2.25. The van der Waals surface area contributed by atoms with Gasteiger partial charge in [-0.15, -0.1) is 0 Å². The van der Waals surface area contributed by atoms with E-state index in [0.717, 1.165) is 38.0 Å². The molecule has 2 atom stereocenters. The molecule has 148 valence electrons. The molecule has 0 spiro atoms. The summed E-state index contributed by atoms with van der Waals surface area (Å²) in [6.45, 7) is 3.78. The number of hydrogen-bond donors (Lipinski definition) is 2. The molecule has 0 unspecified atom stereocenters. The molecule has 2 aliphatic heterocycles. The number of rotatable bonds is 3. The Labute approximate surface area is 166 Å². The number of pyridine rings is 1. The first-order chi connectivity index (χ1) is 13.3. The third kappa shape index (κ3) is 2.46. The van der Waals surface area contributed by atoms with Gasteiger partial charge in [0.25, 0.3) is 5.56 Å². The fourth-order valence-corrected chi connectivity index (χ4v) is 5.02. The van der Waals surface area contributed by atoms with Gasteiger partial charge in [0, 0.05) is 24.0 Å². The highest BCUT2D eigenvalue weighted by Crippen LogP contribution is 2.49. The highest BCUT2D eigenvalue weighted by Gasteiger charge is 2.48. The smallest absolute Gasteiger partial charge is 0.341 e. The number of halogens is 1. The van der Waals surface area contributed by atoms with Crippen molar-refractivity contribution < 1.29 is 14.6 Å². The van der Waals surface area contributed by atoms with Crippen molar-refractivity contribution in [2.45, 2.75) is 37.8 Å². The van der Waals surface area contributed by atoms with E-state index in [0.29, 0.717) is 27.6 Å². The molecule has 1 aromatic heterocycles. The molecule has 7 nitrogen and oxygen atoms in total. The summed E-state index contributed by atoms with van der Waals surface area (Å²) in [6.07, 6.45) is 3.14. The zero-order chi connectivity index (χ0) is 19.8. The van der Waals surface area contributed by atoms with Crippen LogP contribution in [0.4, 0.5) is 5.69 Å². The Kier molecular flexibility index (Phi) is 3.74. The zero-order valence-electron chi connectivity index (χ0n) is 15.6. The first-order valence-electron chi connectivity index (χ1n) is 9.62. The van der Waals surface area contributed by atoms with Crippen molar-refractivity contribution in [1.29, 1.82) is 0 Å². The second-order valence-corrected chi connectivity index (χ2v) is 8.74. The van der Waals surface area contributed by atoms with Gasteiger partial charge in [-0.1, -0.05) is 11.6 Å². The van der Waals surface area contributed by atoms with Crippen molar-refractivity contribution in [1.82, 2.24) is 4.57 Å². The number of hydrogen-bond acceptors (Lipinski definition) is 5. The largest absolute Gasteiger partial charge is 0.487 e. The molecule has 2 fully saturated rings. The highest BCUT2D eigenvalue weighted by molar-refractivity contribution is 6.35. The first kappa shape index (κ1) is 17.8. The fraction of sp³-hybridized carbons (Fsp3) is 0.500. The predicted molar refractivity (Wildman–Crippen MR) is 107 cm³/mol. The molecule has 3 heterocycles. The second-order valence-electron chi connectivity index (χ2n) is 8.34. The normalized spacial score (nSPS) is 25.0. The van der Waals surface area contributed by atoms with Gasteiger partial charge < -0.3 is 20.5 Å². The van der Waals surface area contributed by atoms with E-state index in [1.807, 2.05) is 6.92 Å². The summed E-state index contributed by atoms with van der Waals surface area (Å²) in [6, 6.07) is 2.87. The lowest BCUT2D eigenvalue weighted by Crippen LogP contribution is -2.36. The minimum absolute atomic E-state index is 0.0524. The van der Waals surface area contributed by atoms with Crippen molar-refractivity contribution in [2.24, 2.45) is 11.7 Å². The van der Waals surface area contributed by atoms with Crippen LogP contribution in [0.3, 0.4) is 0 Å². The monoisotopic (exact) mass is 403 g/mol. The molecule has 1 saturated heterocycles. The number of aromatic nitrogens is 1. The van der Waals surface area contributed by atoms with E-state index in [1.165, 1.54) is 10.6 Å². The number of nitrogens with two attached hydrogens (primary N) is 1. The van der Waals surface area contributed by atoms with Gasteiger partial charge in [-0.25, -0.2) is 4.79 Å². The lowest BCUT2D eigenvalue weighted by molar-refractivity contribution is 0.0694. The van der Waals surface area contributed by atoms with Crippen LogP contribution in [-0.2, 0) is 0 Å². The van der Waals surface area contributed by atoms with Crippen LogP contribution in [-0.4, -0.2) is 40.9 Å². The fourth-order valence-electron chi connectivity index (χ4n) is 4.70. The minimum atomic E-state index is -1.24. The van der Waals surface area contributed by atoms with Gasteiger partial charge in [0.15, 0.2) is 5.75 Å². The van der Waals surface area contributed by atoms with E-state index in [2.05, 4.69) is 4.90 Å². The van der Waals surface area contributed by atoms with Crippen molar-refractivity contribution in [2.75, 3.05) is 24.6 Å². The standard InChI is InChI=1S/C20H22ClN3O4/c1-10-9-28-17-15-11(6-13(19(26)27)18(25)24(10)15)7-14(21)16(17)23-5-2-12(8-23)20(22)3-4-20/h6-7,10,12H,2-5,8-9,22H2,1H3,(H,26,27)/t10-,12+/m0/s1. The van der Waals surface area contributed by atoms with Crippen molar-refractivity contribution in [3.8, 4) is 5.75 Å². The molecule has 3 N–H and O–H groups in total. The van der Waals surface area contributed by atoms with E-state index in [1.54, 1.807) is 6.07 Å². The van der Waals surface area contributed by atoms with Crippen LogP contribution >= 0.6 is 11.6 Å². The number of carboxylic acid groups (broad SMARTS) is 1. The molecule has 8 heteroatoms. The second kappa shape index (κ2) is 5.87. The SMILES string of the molecule is C[C@H]1COc2c(N3CC[C@@H](C4(N)CC4)C3)c(Cl)cc3cc(C(=O)O)c(=O)n1c23. The molecular formula is C20H22ClN3O4. The van der Waals surface area contributed by atoms with Crippen molar-refractivity contribution in [3.05, 3.63) is 33.1 Å². The summed E-state index contributed by atoms with van der Waals surface area (Å²) < 4.78 is 7.60. The quantitative estimate of drug-likeness (QED) is 0.817. The van der Waals surface area contributed by atoms with Gasteiger partial charge in [0.05, 0.1) is 16.6 Å². The number of carboxylic acids is 1. The van der Waals surface area contributed by atoms with Gasteiger partial charge in [-0.3, -0.25) is 9.36 Å². The first-order valence-corrected chi connectivity index (χ1v) is 9.99. The maximum absolute atomic E-state index is 12.8. The van der Waals surface area contributed by atoms with Gasteiger partial charge >= 0.3 is 5.97 Å². The molecule has 1 saturated carbocycles. The van der Waals surface area contributed by atoms with Crippen LogP contribution in [0.5, 0.6) is 5.75 Å². The van der Waals surface area contributed by atoms with E-state index in [9.17, 15) is 14.7 Å². The Morgan fingerprint density at radius 3 is 2.82 bits per heavy atom. The molecule has 2 aromatic rings.